The van der Waals surface area contributed by atoms with E-state index in [2.05, 4.69) is 4.74 Å². The molecule has 4 rings (SSSR count). The molecule has 1 aliphatic carbocycles. The van der Waals surface area contributed by atoms with Crippen molar-refractivity contribution < 1.29 is 50.6 Å². The van der Waals surface area contributed by atoms with Crippen LogP contribution >= 0.6 is 0 Å². The molecular weight excluding hydrogens is 589 g/mol. The molecule has 1 aromatic heterocycles. The first-order valence-electron chi connectivity index (χ1n) is 13.3. The van der Waals surface area contributed by atoms with Crippen molar-refractivity contribution in [1.82, 2.24) is 0 Å². The largest absolute Gasteiger partial charge is 0.455 e. The average Bonchev–Trinajstić information content (AvgIpc) is 3.70. The summed E-state index contributed by atoms with van der Waals surface area (Å²) < 4.78 is 67.3. The highest BCUT2D eigenvalue weighted by Crippen LogP contribution is 2.48. The molecule has 1 aliphatic rings. The van der Waals surface area contributed by atoms with Gasteiger partial charge in [0.15, 0.2) is 0 Å². The van der Waals surface area contributed by atoms with Crippen molar-refractivity contribution in [1.29, 1.82) is 0 Å². The van der Waals surface area contributed by atoms with Crippen LogP contribution in [0.4, 0.5) is 14.9 Å². The number of hydrogen-bond acceptors (Lipinski definition) is 10. The minimum absolute atomic E-state index is 0.00872. The van der Waals surface area contributed by atoms with Crippen molar-refractivity contribution in [2.24, 2.45) is 11.5 Å². The quantitative estimate of drug-likeness (QED) is 0.137. The van der Waals surface area contributed by atoms with E-state index in [1.807, 2.05) is 0 Å². The summed E-state index contributed by atoms with van der Waals surface area (Å²) in [5.74, 6) is -2.11. The molecule has 43 heavy (non-hydrogen) atoms. The second-order valence-corrected chi connectivity index (χ2v) is 11.7. The summed E-state index contributed by atoms with van der Waals surface area (Å²) in [6, 6.07) is 8.34. The summed E-state index contributed by atoms with van der Waals surface area (Å²) >= 11 is 0. The van der Waals surface area contributed by atoms with E-state index in [0.717, 1.165) is 19.1 Å². The van der Waals surface area contributed by atoms with Crippen LogP contribution < -0.4 is 15.8 Å². The number of furan rings is 1. The third-order valence-electron chi connectivity index (χ3n) is 6.45. The van der Waals surface area contributed by atoms with Crippen molar-refractivity contribution in [3.63, 3.8) is 0 Å². The molecule has 2 amide bonds. The Hall–Kier alpha value is -4.05. The maximum Gasteiger partial charge on any atom is 0.412 e. The molecule has 0 bridgehead atoms. The number of carbonyl (C=O) groups excluding carboxylic acids is 3. The lowest BCUT2D eigenvalue weighted by atomic mass is 10.0. The number of anilines is 1. The van der Waals surface area contributed by atoms with Gasteiger partial charge in [0.05, 0.1) is 51.5 Å². The van der Waals surface area contributed by atoms with Gasteiger partial charge in [-0.3, -0.25) is 9.10 Å². The normalized spacial score (nSPS) is 13.3. The van der Waals surface area contributed by atoms with Crippen LogP contribution in [0.1, 0.15) is 34.7 Å². The molecule has 2 aromatic carbocycles. The number of amides is 2. The van der Waals surface area contributed by atoms with Crippen LogP contribution in [0, 0.1) is 5.82 Å². The number of ether oxygens (including phenoxy) is 4. The lowest BCUT2D eigenvalue weighted by Gasteiger charge is -2.25. The highest BCUT2D eigenvalue weighted by Gasteiger charge is 2.33. The number of halogens is 1. The van der Waals surface area contributed by atoms with Gasteiger partial charge in [0.1, 0.15) is 29.3 Å². The molecule has 0 atom stereocenters. The number of primary amides is 2. The molecule has 0 spiro atoms. The SMILES string of the molecule is CS(=O)(=O)N(CCOCCOCCOCC(N)=O)c1cc2oc(-c3ccc(F)cc3)c(C(=O)OC(N)=O)c2cc1C1CC1. The molecule has 0 saturated heterocycles. The van der Waals surface area contributed by atoms with Gasteiger partial charge in [-0.2, -0.15) is 0 Å². The number of nitrogens with two attached hydrogens (primary N) is 2. The Labute approximate surface area is 246 Å². The van der Waals surface area contributed by atoms with Gasteiger partial charge < -0.3 is 34.8 Å². The average molecular weight is 622 g/mol. The monoisotopic (exact) mass is 621 g/mol. The van der Waals surface area contributed by atoms with E-state index in [1.165, 1.54) is 34.6 Å². The minimum atomic E-state index is -3.79. The van der Waals surface area contributed by atoms with Crippen molar-refractivity contribution >= 4 is 44.6 Å². The maximum atomic E-state index is 13.6. The van der Waals surface area contributed by atoms with Crippen molar-refractivity contribution in [2.45, 2.75) is 18.8 Å². The van der Waals surface area contributed by atoms with Crippen molar-refractivity contribution in [2.75, 3.05) is 56.7 Å². The maximum absolute atomic E-state index is 13.6. The number of benzene rings is 2. The predicted molar refractivity (Wildman–Crippen MR) is 152 cm³/mol. The Kier molecular flexibility index (Phi) is 10.3. The van der Waals surface area contributed by atoms with Gasteiger partial charge >= 0.3 is 12.1 Å². The number of rotatable bonds is 16. The molecule has 1 heterocycles. The molecule has 13 nitrogen and oxygen atoms in total. The standard InChI is InChI=1S/C28H32FN3O10S/c1-43(36,37)32(8-9-38-10-11-39-12-13-40-16-24(30)33)22-15-23-21(14-20(22)17-2-3-17)25(27(34)42-28(31)35)26(41-23)18-4-6-19(29)7-5-18/h4-7,14-15,17H,2-3,8-13,16H2,1H3,(H2,30,33)(H2,31,35). The number of sulfonamides is 1. The Morgan fingerprint density at radius 1 is 0.977 bits per heavy atom. The Morgan fingerprint density at radius 3 is 2.19 bits per heavy atom. The lowest BCUT2D eigenvalue weighted by molar-refractivity contribution is -0.123. The molecule has 0 radical (unpaired) electrons. The zero-order valence-corrected chi connectivity index (χ0v) is 24.2. The minimum Gasteiger partial charge on any atom is -0.455 e. The summed E-state index contributed by atoms with van der Waals surface area (Å²) in [5.41, 5.74) is 11.5. The second-order valence-electron chi connectivity index (χ2n) is 9.78. The molecule has 4 N–H and O–H groups in total. The molecule has 0 aliphatic heterocycles. The van der Waals surface area contributed by atoms with E-state index in [9.17, 15) is 27.2 Å². The fourth-order valence-electron chi connectivity index (χ4n) is 4.46. The third-order valence-corrected chi connectivity index (χ3v) is 7.63. The Bertz CT molecular complexity index is 1590. The van der Waals surface area contributed by atoms with Gasteiger partial charge in [-0.1, -0.05) is 0 Å². The zero-order chi connectivity index (χ0) is 31.1. The summed E-state index contributed by atoms with van der Waals surface area (Å²) in [6.07, 6.45) is 1.37. The van der Waals surface area contributed by atoms with Gasteiger partial charge in [-0.15, -0.1) is 0 Å². The first-order valence-corrected chi connectivity index (χ1v) is 15.2. The van der Waals surface area contributed by atoms with Crippen LogP contribution in [-0.2, 0) is 33.8 Å². The van der Waals surface area contributed by atoms with E-state index in [4.69, 9.17) is 30.1 Å². The lowest BCUT2D eigenvalue weighted by Crippen LogP contribution is -2.34. The number of hydrogen-bond donors (Lipinski definition) is 2. The van der Waals surface area contributed by atoms with E-state index in [0.29, 0.717) is 16.8 Å². The highest BCUT2D eigenvalue weighted by atomic mass is 32.2. The van der Waals surface area contributed by atoms with Crippen LogP contribution in [0.5, 0.6) is 0 Å². The van der Waals surface area contributed by atoms with Gasteiger partial charge in [-0.25, -0.2) is 22.4 Å². The molecule has 3 aromatic rings. The van der Waals surface area contributed by atoms with Gasteiger partial charge in [0.2, 0.25) is 15.9 Å². The Morgan fingerprint density at radius 2 is 1.60 bits per heavy atom. The summed E-state index contributed by atoms with van der Waals surface area (Å²) in [5, 5.41) is 0.290. The molecule has 232 valence electrons. The first kappa shape index (κ1) is 31.9. The molecule has 0 unspecified atom stereocenters. The predicted octanol–water partition coefficient (Wildman–Crippen LogP) is 2.65. The topological polar surface area (TPSA) is 191 Å². The number of esters is 1. The van der Waals surface area contributed by atoms with Crippen LogP contribution in [0.2, 0.25) is 0 Å². The van der Waals surface area contributed by atoms with E-state index < -0.39 is 33.8 Å². The summed E-state index contributed by atoms with van der Waals surface area (Å²) in [6.45, 7) is 0.664. The van der Waals surface area contributed by atoms with E-state index in [1.54, 1.807) is 6.07 Å². The van der Waals surface area contributed by atoms with E-state index >= 15 is 0 Å². The van der Waals surface area contributed by atoms with Gasteiger partial charge in [-0.05, 0) is 54.7 Å². The van der Waals surface area contributed by atoms with Crippen LogP contribution in [0.15, 0.2) is 40.8 Å². The summed E-state index contributed by atoms with van der Waals surface area (Å²) in [4.78, 5) is 35.0. The second kappa shape index (κ2) is 13.9. The van der Waals surface area contributed by atoms with Crippen molar-refractivity contribution in [3.8, 4) is 11.3 Å². The number of nitrogens with zero attached hydrogens (tertiary/aromatic N) is 1. The zero-order valence-electron chi connectivity index (χ0n) is 23.4. The van der Waals surface area contributed by atoms with E-state index in [-0.39, 0.29) is 74.4 Å². The van der Waals surface area contributed by atoms with Gasteiger partial charge in [0, 0.05) is 17.0 Å². The Balaban J connectivity index is 1.59. The van der Waals surface area contributed by atoms with Crippen molar-refractivity contribution in [3.05, 3.63) is 53.3 Å². The fraction of sp³-hybridized carbons (Fsp3) is 0.393. The number of fused-ring (bicyclic) bond motifs is 1. The van der Waals surface area contributed by atoms with Crippen LogP contribution in [0.3, 0.4) is 0 Å². The molecular formula is C28H32FN3O10S. The van der Waals surface area contributed by atoms with Crippen LogP contribution in [-0.4, -0.2) is 78.8 Å². The molecule has 1 fully saturated rings. The van der Waals surface area contributed by atoms with Gasteiger partial charge in [0.25, 0.3) is 0 Å². The van der Waals surface area contributed by atoms with Crippen LogP contribution in [0.25, 0.3) is 22.3 Å². The number of carbonyl (C=O) groups is 3. The molecule has 1 saturated carbocycles. The first-order chi connectivity index (χ1) is 20.5. The fourth-order valence-corrected chi connectivity index (χ4v) is 5.38. The third kappa shape index (κ3) is 8.50. The summed E-state index contributed by atoms with van der Waals surface area (Å²) in [7, 11) is -3.79. The highest BCUT2D eigenvalue weighted by molar-refractivity contribution is 7.92. The molecule has 15 heteroatoms. The smallest absolute Gasteiger partial charge is 0.412 e.